The fourth-order valence-electron chi connectivity index (χ4n) is 1.85. The average Bonchev–Trinajstić information content (AvgIpc) is 2.38. The predicted molar refractivity (Wildman–Crippen MR) is 82.4 cm³/mol. The smallest absolute Gasteiger partial charge is 0.256 e. The molecule has 0 aromatic heterocycles. The van der Waals surface area contributed by atoms with Crippen LogP contribution in [0.2, 0.25) is 0 Å². The van der Waals surface area contributed by atoms with Gasteiger partial charge in [-0.3, -0.25) is 4.79 Å². The van der Waals surface area contributed by atoms with Crippen LogP contribution < -0.4 is 11.1 Å². The van der Waals surface area contributed by atoms with Gasteiger partial charge in [0.05, 0.1) is 0 Å². The summed E-state index contributed by atoms with van der Waals surface area (Å²) in [6.07, 6.45) is 0. The van der Waals surface area contributed by atoms with Gasteiger partial charge in [-0.1, -0.05) is 22.0 Å². The Kier molecular flexibility index (Phi) is 4.09. The van der Waals surface area contributed by atoms with Crippen molar-refractivity contribution in [3.8, 4) is 0 Å². The SMILES string of the molecule is Cc1ccc(F)cc1NC(=O)c1cc(Br)cc(N)c1C. The van der Waals surface area contributed by atoms with E-state index in [0.29, 0.717) is 22.5 Å². The molecule has 2 rings (SSSR count). The number of anilines is 2. The van der Waals surface area contributed by atoms with Crippen LogP contribution >= 0.6 is 15.9 Å². The van der Waals surface area contributed by atoms with Gasteiger partial charge >= 0.3 is 0 Å². The van der Waals surface area contributed by atoms with Crippen LogP contribution in [0.5, 0.6) is 0 Å². The first-order valence-electron chi connectivity index (χ1n) is 6.01. The standard InChI is InChI=1S/C15H14BrFN2O/c1-8-3-4-11(17)7-14(8)19-15(20)12-5-10(16)6-13(18)9(12)2/h3-7H,18H2,1-2H3,(H,19,20). The molecule has 2 aromatic rings. The minimum absolute atomic E-state index is 0.316. The van der Waals surface area contributed by atoms with Crippen molar-refractivity contribution in [3.63, 3.8) is 0 Å². The molecule has 0 saturated carbocycles. The molecule has 3 nitrogen and oxygen atoms in total. The second-order valence-corrected chi connectivity index (χ2v) is 5.50. The maximum atomic E-state index is 13.2. The topological polar surface area (TPSA) is 55.1 Å². The first kappa shape index (κ1) is 14.5. The minimum atomic E-state index is -0.392. The number of benzene rings is 2. The monoisotopic (exact) mass is 336 g/mol. The van der Waals surface area contributed by atoms with E-state index in [2.05, 4.69) is 21.2 Å². The number of aryl methyl sites for hydroxylation is 1. The third-order valence-corrected chi connectivity index (χ3v) is 3.56. The number of carbonyl (C=O) groups is 1. The van der Waals surface area contributed by atoms with E-state index < -0.39 is 5.82 Å². The van der Waals surface area contributed by atoms with Crippen molar-refractivity contribution in [3.05, 3.63) is 57.3 Å². The van der Waals surface area contributed by atoms with Gasteiger partial charge in [-0.15, -0.1) is 0 Å². The summed E-state index contributed by atoms with van der Waals surface area (Å²) in [5.74, 6) is -0.708. The van der Waals surface area contributed by atoms with Gasteiger partial charge in [-0.25, -0.2) is 4.39 Å². The normalized spacial score (nSPS) is 10.4. The average molecular weight is 337 g/mol. The van der Waals surface area contributed by atoms with Gasteiger partial charge in [-0.05, 0) is 49.2 Å². The second-order valence-electron chi connectivity index (χ2n) is 4.58. The van der Waals surface area contributed by atoms with Crippen LogP contribution in [0, 0.1) is 19.7 Å². The van der Waals surface area contributed by atoms with Gasteiger partial charge < -0.3 is 11.1 Å². The third-order valence-electron chi connectivity index (χ3n) is 3.11. The number of nitrogens with one attached hydrogen (secondary N) is 1. The van der Waals surface area contributed by atoms with Crippen LogP contribution in [0.25, 0.3) is 0 Å². The Hall–Kier alpha value is -1.88. The van der Waals surface area contributed by atoms with E-state index in [1.54, 1.807) is 32.0 Å². The molecule has 0 heterocycles. The lowest BCUT2D eigenvalue weighted by atomic mass is 10.1. The van der Waals surface area contributed by atoms with Crippen LogP contribution in [0.4, 0.5) is 15.8 Å². The van der Waals surface area contributed by atoms with Crippen molar-refractivity contribution in [2.45, 2.75) is 13.8 Å². The van der Waals surface area contributed by atoms with Gasteiger partial charge in [0, 0.05) is 21.4 Å². The summed E-state index contributed by atoms with van der Waals surface area (Å²) in [5.41, 5.74) is 8.76. The molecule has 20 heavy (non-hydrogen) atoms. The fourth-order valence-corrected chi connectivity index (χ4v) is 2.33. The van der Waals surface area contributed by atoms with Crippen LogP contribution in [0.1, 0.15) is 21.5 Å². The maximum Gasteiger partial charge on any atom is 0.256 e. The first-order valence-corrected chi connectivity index (χ1v) is 6.81. The van der Waals surface area contributed by atoms with Gasteiger partial charge in [-0.2, -0.15) is 0 Å². The zero-order chi connectivity index (χ0) is 14.9. The molecule has 0 aliphatic carbocycles. The van der Waals surface area contributed by atoms with Crippen molar-refractivity contribution >= 4 is 33.2 Å². The summed E-state index contributed by atoms with van der Waals surface area (Å²) in [4.78, 5) is 12.3. The van der Waals surface area contributed by atoms with Crippen molar-refractivity contribution in [2.24, 2.45) is 0 Å². The molecule has 0 fully saturated rings. The Balaban J connectivity index is 2.35. The highest BCUT2D eigenvalue weighted by Crippen LogP contribution is 2.24. The summed E-state index contributed by atoms with van der Waals surface area (Å²) < 4.78 is 14.0. The molecule has 1 amide bonds. The summed E-state index contributed by atoms with van der Waals surface area (Å²) in [6, 6.07) is 7.69. The van der Waals surface area contributed by atoms with Crippen LogP contribution in [-0.2, 0) is 0 Å². The van der Waals surface area contributed by atoms with E-state index in [4.69, 9.17) is 5.73 Å². The highest BCUT2D eigenvalue weighted by atomic mass is 79.9. The highest BCUT2D eigenvalue weighted by Gasteiger charge is 2.13. The van der Waals surface area contributed by atoms with E-state index in [1.165, 1.54) is 12.1 Å². The molecule has 104 valence electrons. The molecule has 0 aliphatic heterocycles. The van der Waals surface area contributed by atoms with E-state index >= 15 is 0 Å². The maximum absolute atomic E-state index is 13.2. The molecule has 0 spiro atoms. The fraction of sp³-hybridized carbons (Fsp3) is 0.133. The number of hydrogen-bond acceptors (Lipinski definition) is 2. The molecule has 0 unspecified atom stereocenters. The third kappa shape index (κ3) is 2.99. The molecule has 0 aliphatic rings. The number of nitrogen functional groups attached to an aromatic ring is 1. The molecule has 5 heteroatoms. The molecule has 0 saturated heterocycles. The lowest BCUT2D eigenvalue weighted by molar-refractivity contribution is 0.102. The van der Waals surface area contributed by atoms with Crippen molar-refractivity contribution in [1.82, 2.24) is 0 Å². The van der Waals surface area contributed by atoms with Gasteiger partial charge in [0.1, 0.15) is 5.82 Å². The molecular formula is C15H14BrFN2O. The second kappa shape index (κ2) is 5.63. The zero-order valence-corrected chi connectivity index (χ0v) is 12.7. The first-order chi connectivity index (χ1) is 9.38. The molecule has 2 aromatic carbocycles. The van der Waals surface area contributed by atoms with Crippen LogP contribution in [0.15, 0.2) is 34.8 Å². The summed E-state index contributed by atoms with van der Waals surface area (Å²) in [5, 5.41) is 2.71. The zero-order valence-electron chi connectivity index (χ0n) is 11.1. The Morgan fingerprint density at radius 1 is 1.25 bits per heavy atom. The van der Waals surface area contributed by atoms with E-state index in [1.807, 2.05) is 0 Å². The van der Waals surface area contributed by atoms with Crippen molar-refractivity contribution in [2.75, 3.05) is 11.1 Å². The number of rotatable bonds is 2. The summed E-state index contributed by atoms with van der Waals surface area (Å²) >= 11 is 3.31. The number of hydrogen-bond donors (Lipinski definition) is 2. The molecule has 0 radical (unpaired) electrons. The Bertz CT molecular complexity index is 686. The van der Waals surface area contributed by atoms with E-state index in [9.17, 15) is 9.18 Å². The Morgan fingerprint density at radius 2 is 1.95 bits per heavy atom. The molecule has 0 bridgehead atoms. The van der Waals surface area contributed by atoms with E-state index in [-0.39, 0.29) is 5.91 Å². The largest absolute Gasteiger partial charge is 0.398 e. The predicted octanol–water partition coefficient (Wildman–Crippen LogP) is 4.04. The van der Waals surface area contributed by atoms with Gasteiger partial charge in [0.25, 0.3) is 5.91 Å². The number of halogens is 2. The van der Waals surface area contributed by atoms with Crippen LogP contribution in [0.3, 0.4) is 0 Å². The van der Waals surface area contributed by atoms with Crippen LogP contribution in [-0.4, -0.2) is 5.91 Å². The number of carbonyl (C=O) groups excluding carboxylic acids is 1. The molecule has 0 atom stereocenters. The molecule has 3 N–H and O–H groups in total. The van der Waals surface area contributed by atoms with Gasteiger partial charge in [0.15, 0.2) is 0 Å². The van der Waals surface area contributed by atoms with Crippen molar-refractivity contribution in [1.29, 1.82) is 0 Å². The van der Waals surface area contributed by atoms with Gasteiger partial charge in [0.2, 0.25) is 0 Å². The quantitative estimate of drug-likeness (QED) is 0.813. The summed E-state index contributed by atoms with van der Waals surface area (Å²) in [6.45, 7) is 3.58. The number of amides is 1. The number of nitrogens with two attached hydrogens (primary N) is 1. The van der Waals surface area contributed by atoms with Crippen molar-refractivity contribution < 1.29 is 9.18 Å². The summed E-state index contributed by atoms with van der Waals surface area (Å²) in [7, 11) is 0. The molecular weight excluding hydrogens is 323 g/mol. The highest BCUT2D eigenvalue weighted by molar-refractivity contribution is 9.10. The van der Waals surface area contributed by atoms with E-state index in [0.717, 1.165) is 10.0 Å². The Morgan fingerprint density at radius 3 is 2.65 bits per heavy atom. The Labute approximate surface area is 125 Å². The lowest BCUT2D eigenvalue weighted by Crippen LogP contribution is -2.15. The minimum Gasteiger partial charge on any atom is -0.398 e. The lowest BCUT2D eigenvalue weighted by Gasteiger charge is -2.12.